The molecule has 0 saturated carbocycles. The van der Waals surface area contributed by atoms with Gasteiger partial charge in [0.25, 0.3) is 5.91 Å². The molecule has 2 aromatic rings. The lowest BCUT2D eigenvalue weighted by Crippen LogP contribution is -2.34. The second-order valence-electron chi connectivity index (χ2n) is 5.65. The molecule has 25 heavy (non-hydrogen) atoms. The molecule has 0 aliphatic rings. The maximum Gasteiger partial charge on any atom is 0.257 e. The van der Waals surface area contributed by atoms with E-state index in [0.29, 0.717) is 23.4 Å². The zero-order valence-electron chi connectivity index (χ0n) is 14.5. The van der Waals surface area contributed by atoms with E-state index in [9.17, 15) is 9.59 Å². The number of carbonyl (C=O) groups excluding carboxylic acids is 2. The van der Waals surface area contributed by atoms with Crippen molar-refractivity contribution < 1.29 is 9.59 Å². The van der Waals surface area contributed by atoms with Crippen LogP contribution in [0, 0.1) is 13.8 Å². The molecule has 0 spiro atoms. The number of hydrogen-bond donors (Lipinski definition) is 3. The maximum atomic E-state index is 12.3. The molecule has 0 aliphatic heterocycles. The van der Waals surface area contributed by atoms with Crippen molar-refractivity contribution in [3.63, 3.8) is 0 Å². The van der Waals surface area contributed by atoms with Gasteiger partial charge in [0, 0.05) is 23.4 Å². The molecule has 0 bridgehead atoms. The van der Waals surface area contributed by atoms with Crippen LogP contribution >= 0.6 is 12.2 Å². The molecule has 5 nitrogen and oxygen atoms in total. The highest BCUT2D eigenvalue weighted by Crippen LogP contribution is 2.20. The lowest BCUT2D eigenvalue weighted by molar-refractivity contribution is -0.115. The van der Waals surface area contributed by atoms with Gasteiger partial charge in [-0.2, -0.15) is 0 Å². The molecular weight excluding hydrogens is 334 g/mol. The zero-order valence-corrected chi connectivity index (χ0v) is 15.3. The van der Waals surface area contributed by atoms with E-state index >= 15 is 0 Å². The van der Waals surface area contributed by atoms with Crippen molar-refractivity contribution in [1.82, 2.24) is 5.32 Å². The minimum Gasteiger partial charge on any atom is -0.332 e. The van der Waals surface area contributed by atoms with Gasteiger partial charge >= 0.3 is 0 Å². The van der Waals surface area contributed by atoms with Gasteiger partial charge in [0.2, 0.25) is 5.91 Å². The van der Waals surface area contributed by atoms with Gasteiger partial charge in [-0.05, 0) is 55.4 Å². The number of anilines is 2. The minimum absolute atomic E-state index is 0.0596. The molecular formula is C19H21N3O2S. The van der Waals surface area contributed by atoms with Gasteiger partial charge in [-0.15, -0.1) is 0 Å². The normalized spacial score (nSPS) is 10.0. The van der Waals surface area contributed by atoms with Crippen molar-refractivity contribution >= 4 is 40.5 Å². The zero-order chi connectivity index (χ0) is 18.4. The van der Waals surface area contributed by atoms with E-state index in [4.69, 9.17) is 12.2 Å². The van der Waals surface area contributed by atoms with Gasteiger partial charge in [-0.3, -0.25) is 14.9 Å². The van der Waals surface area contributed by atoms with E-state index in [1.165, 1.54) is 0 Å². The van der Waals surface area contributed by atoms with Gasteiger partial charge in [0.15, 0.2) is 5.11 Å². The van der Waals surface area contributed by atoms with Crippen LogP contribution in [-0.4, -0.2) is 16.9 Å². The molecule has 0 aliphatic carbocycles. The first-order valence-electron chi connectivity index (χ1n) is 7.99. The Hall–Kier alpha value is -2.73. The SMILES string of the molecule is CCC(=O)Nc1cc(NC(=S)NC(=O)c2ccccc2C)ccc1C. The van der Waals surface area contributed by atoms with E-state index in [0.717, 1.165) is 11.1 Å². The van der Waals surface area contributed by atoms with Crippen molar-refractivity contribution in [3.8, 4) is 0 Å². The molecule has 2 aromatic carbocycles. The number of nitrogens with one attached hydrogen (secondary N) is 3. The fourth-order valence-corrected chi connectivity index (χ4v) is 2.44. The van der Waals surface area contributed by atoms with Gasteiger partial charge in [-0.25, -0.2) is 0 Å². The molecule has 0 atom stereocenters. The van der Waals surface area contributed by atoms with Crippen LogP contribution in [0.25, 0.3) is 0 Å². The monoisotopic (exact) mass is 355 g/mol. The van der Waals surface area contributed by atoms with Crippen LogP contribution in [0.3, 0.4) is 0 Å². The third-order valence-electron chi connectivity index (χ3n) is 3.71. The molecule has 2 amide bonds. The Balaban J connectivity index is 2.05. The number of carbonyl (C=O) groups is 2. The van der Waals surface area contributed by atoms with Crippen molar-refractivity contribution in [3.05, 3.63) is 59.2 Å². The van der Waals surface area contributed by atoms with Crippen LogP contribution in [0.4, 0.5) is 11.4 Å². The lowest BCUT2D eigenvalue weighted by Gasteiger charge is -2.13. The van der Waals surface area contributed by atoms with Crippen LogP contribution in [0.15, 0.2) is 42.5 Å². The standard InChI is InChI=1S/C19H21N3O2S/c1-4-17(23)21-16-11-14(10-9-13(16)3)20-19(25)22-18(24)15-8-6-5-7-12(15)2/h5-11H,4H2,1-3H3,(H,21,23)(H2,20,22,24,25). The molecule has 0 radical (unpaired) electrons. The van der Waals surface area contributed by atoms with Crippen LogP contribution in [0.2, 0.25) is 0 Å². The van der Waals surface area contributed by atoms with Gasteiger partial charge in [0.05, 0.1) is 0 Å². The number of hydrogen-bond acceptors (Lipinski definition) is 3. The topological polar surface area (TPSA) is 70.2 Å². The number of aryl methyl sites for hydroxylation is 2. The van der Waals surface area contributed by atoms with E-state index < -0.39 is 0 Å². The molecule has 0 aromatic heterocycles. The molecule has 0 unspecified atom stereocenters. The molecule has 6 heteroatoms. The first-order valence-corrected chi connectivity index (χ1v) is 8.40. The Bertz CT molecular complexity index is 818. The fourth-order valence-electron chi connectivity index (χ4n) is 2.23. The summed E-state index contributed by atoms with van der Waals surface area (Å²) in [6, 6.07) is 12.8. The largest absolute Gasteiger partial charge is 0.332 e. The second kappa shape index (κ2) is 8.39. The minimum atomic E-state index is -0.262. The third-order valence-corrected chi connectivity index (χ3v) is 3.91. The highest BCUT2D eigenvalue weighted by Gasteiger charge is 2.11. The average Bonchev–Trinajstić information content (AvgIpc) is 2.57. The highest BCUT2D eigenvalue weighted by atomic mass is 32.1. The second-order valence-corrected chi connectivity index (χ2v) is 6.06. The first-order chi connectivity index (χ1) is 11.9. The Morgan fingerprint density at radius 2 is 1.72 bits per heavy atom. The lowest BCUT2D eigenvalue weighted by atomic mass is 10.1. The van der Waals surface area contributed by atoms with E-state index in [-0.39, 0.29) is 16.9 Å². The number of rotatable bonds is 4. The summed E-state index contributed by atoms with van der Waals surface area (Å²) in [5.74, 6) is -0.321. The summed E-state index contributed by atoms with van der Waals surface area (Å²) in [4.78, 5) is 23.9. The number of amides is 2. The Labute approximate surface area is 152 Å². The van der Waals surface area contributed by atoms with Gasteiger partial charge < -0.3 is 10.6 Å². The maximum absolute atomic E-state index is 12.3. The first kappa shape index (κ1) is 18.6. The predicted octanol–water partition coefficient (Wildman–Crippen LogP) is 3.78. The fraction of sp³-hybridized carbons (Fsp3) is 0.211. The Kier molecular flexibility index (Phi) is 6.25. The smallest absolute Gasteiger partial charge is 0.257 e. The molecule has 0 fully saturated rings. The quantitative estimate of drug-likeness (QED) is 0.730. The van der Waals surface area contributed by atoms with E-state index in [2.05, 4.69) is 16.0 Å². The van der Waals surface area contributed by atoms with Crippen molar-refractivity contribution in [1.29, 1.82) is 0 Å². The summed E-state index contributed by atoms with van der Waals surface area (Å²) in [7, 11) is 0. The van der Waals surface area contributed by atoms with Gasteiger partial charge in [-0.1, -0.05) is 31.2 Å². The average molecular weight is 355 g/mol. The molecule has 0 saturated heterocycles. The molecule has 2 rings (SSSR count). The molecule has 0 heterocycles. The van der Waals surface area contributed by atoms with Gasteiger partial charge in [0.1, 0.15) is 0 Å². The summed E-state index contributed by atoms with van der Waals surface area (Å²) in [5, 5.41) is 8.67. The molecule has 3 N–H and O–H groups in total. The van der Waals surface area contributed by atoms with Crippen molar-refractivity contribution in [2.45, 2.75) is 27.2 Å². The van der Waals surface area contributed by atoms with E-state index in [1.54, 1.807) is 25.1 Å². The van der Waals surface area contributed by atoms with Crippen molar-refractivity contribution in [2.24, 2.45) is 0 Å². The third kappa shape index (κ3) is 5.12. The molecule has 130 valence electrons. The summed E-state index contributed by atoms with van der Waals surface area (Å²) in [5.41, 5.74) is 3.80. The number of thiocarbonyl (C=S) groups is 1. The Morgan fingerprint density at radius 3 is 2.40 bits per heavy atom. The summed E-state index contributed by atoms with van der Waals surface area (Å²) in [6.45, 7) is 5.57. The predicted molar refractivity (Wildman–Crippen MR) is 105 cm³/mol. The Morgan fingerprint density at radius 1 is 1.00 bits per heavy atom. The van der Waals surface area contributed by atoms with Crippen LogP contribution in [0.5, 0.6) is 0 Å². The van der Waals surface area contributed by atoms with Crippen LogP contribution < -0.4 is 16.0 Å². The number of benzene rings is 2. The van der Waals surface area contributed by atoms with E-state index in [1.807, 2.05) is 38.1 Å². The van der Waals surface area contributed by atoms with Crippen LogP contribution in [0.1, 0.15) is 34.8 Å². The summed E-state index contributed by atoms with van der Waals surface area (Å²) >= 11 is 5.21. The van der Waals surface area contributed by atoms with Crippen molar-refractivity contribution in [2.75, 3.05) is 10.6 Å². The summed E-state index contributed by atoms with van der Waals surface area (Å²) in [6.07, 6.45) is 0.405. The highest BCUT2D eigenvalue weighted by molar-refractivity contribution is 7.80. The van der Waals surface area contributed by atoms with Crippen LogP contribution in [-0.2, 0) is 4.79 Å². The summed E-state index contributed by atoms with van der Waals surface area (Å²) < 4.78 is 0.